The zero-order valence-electron chi connectivity index (χ0n) is 13.4. The quantitative estimate of drug-likeness (QED) is 0.774. The van der Waals surface area contributed by atoms with Gasteiger partial charge in [0, 0.05) is 25.8 Å². The van der Waals surface area contributed by atoms with Gasteiger partial charge in [-0.15, -0.1) is 0 Å². The maximum Gasteiger partial charge on any atom is 0.0363 e. The van der Waals surface area contributed by atoms with Gasteiger partial charge in [-0.05, 0) is 50.1 Å². The molecule has 2 aromatic carbocycles. The SMILES string of the molecule is Cc1ccc(CNCCCN(C)c2ccccc2)c(C)c1. The van der Waals surface area contributed by atoms with Crippen molar-refractivity contribution in [1.82, 2.24) is 5.32 Å². The van der Waals surface area contributed by atoms with Gasteiger partial charge in [0.1, 0.15) is 0 Å². The van der Waals surface area contributed by atoms with E-state index in [1.54, 1.807) is 0 Å². The van der Waals surface area contributed by atoms with Gasteiger partial charge in [-0.25, -0.2) is 0 Å². The number of rotatable bonds is 7. The Labute approximate surface area is 128 Å². The maximum atomic E-state index is 3.54. The van der Waals surface area contributed by atoms with Crippen molar-refractivity contribution in [1.29, 1.82) is 0 Å². The Morgan fingerprint density at radius 2 is 1.76 bits per heavy atom. The summed E-state index contributed by atoms with van der Waals surface area (Å²) in [6.07, 6.45) is 1.15. The third kappa shape index (κ3) is 4.91. The Morgan fingerprint density at radius 3 is 2.48 bits per heavy atom. The van der Waals surface area contributed by atoms with E-state index in [1.807, 2.05) is 0 Å². The lowest BCUT2D eigenvalue weighted by Crippen LogP contribution is -2.23. The Balaban J connectivity index is 1.68. The first-order chi connectivity index (χ1) is 10.2. The van der Waals surface area contributed by atoms with Crippen LogP contribution in [0.3, 0.4) is 0 Å². The summed E-state index contributed by atoms with van der Waals surface area (Å²) in [6, 6.07) is 17.2. The smallest absolute Gasteiger partial charge is 0.0363 e. The summed E-state index contributed by atoms with van der Waals surface area (Å²) in [7, 11) is 2.15. The number of nitrogens with zero attached hydrogens (tertiary/aromatic N) is 1. The van der Waals surface area contributed by atoms with E-state index in [1.165, 1.54) is 22.4 Å². The first-order valence-corrected chi connectivity index (χ1v) is 7.70. The van der Waals surface area contributed by atoms with E-state index in [0.29, 0.717) is 0 Å². The number of aryl methyl sites for hydroxylation is 2. The monoisotopic (exact) mass is 282 g/mol. The molecule has 0 spiro atoms. The zero-order chi connectivity index (χ0) is 15.1. The normalized spacial score (nSPS) is 10.6. The van der Waals surface area contributed by atoms with Crippen molar-refractivity contribution in [2.75, 3.05) is 25.0 Å². The Kier molecular flexibility index (Phi) is 5.82. The molecule has 0 aliphatic rings. The third-order valence-electron chi connectivity index (χ3n) is 3.86. The summed E-state index contributed by atoms with van der Waals surface area (Å²) in [5.41, 5.74) is 5.40. The number of para-hydroxylation sites is 1. The van der Waals surface area contributed by atoms with Crippen molar-refractivity contribution in [3.8, 4) is 0 Å². The average molecular weight is 282 g/mol. The molecule has 0 fully saturated rings. The molecule has 0 amide bonds. The van der Waals surface area contributed by atoms with E-state index in [2.05, 4.69) is 79.6 Å². The lowest BCUT2D eigenvalue weighted by Gasteiger charge is -2.19. The molecule has 0 heterocycles. The molecule has 0 atom stereocenters. The fourth-order valence-corrected chi connectivity index (χ4v) is 2.52. The highest BCUT2D eigenvalue weighted by molar-refractivity contribution is 5.44. The van der Waals surface area contributed by atoms with Crippen LogP contribution in [0.15, 0.2) is 48.5 Å². The van der Waals surface area contributed by atoms with Gasteiger partial charge >= 0.3 is 0 Å². The summed E-state index contributed by atoms with van der Waals surface area (Å²) >= 11 is 0. The molecule has 2 aromatic rings. The molecule has 2 nitrogen and oxygen atoms in total. The topological polar surface area (TPSA) is 15.3 Å². The van der Waals surface area contributed by atoms with E-state index >= 15 is 0 Å². The van der Waals surface area contributed by atoms with Crippen molar-refractivity contribution in [2.24, 2.45) is 0 Å². The number of benzene rings is 2. The summed E-state index contributed by atoms with van der Waals surface area (Å²) in [5, 5.41) is 3.54. The third-order valence-corrected chi connectivity index (χ3v) is 3.86. The van der Waals surface area contributed by atoms with Crippen LogP contribution in [0, 0.1) is 13.8 Å². The Hall–Kier alpha value is -1.80. The van der Waals surface area contributed by atoms with Gasteiger partial charge in [0.2, 0.25) is 0 Å². The van der Waals surface area contributed by atoms with Crippen molar-refractivity contribution in [2.45, 2.75) is 26.8 Å². The molecular formula is C19H26N2. The fraction of sp³-hybridized carbons (Fsp3) is 0.368. The molecule has 2 rings (SSSR count). The summed E-state index contributed by atoms with van der Waals surface area (Å²) in [4.78, 5) is 2.30. The highest BCUT2D eigenvalue weighted by Gasteiger charge is 2.00. The van der Waals surface area contributed by atoms with Crippen LogP contribution in [0.25, 0.3) is 0 Å². The second-order valence-corrected chi connectivity index (χ2v) is 5.72. The second kappa shape index (κ2) is 7.84. The van der Waals surface area contributed by atoms with Crippen LogP contribution in [0.2, 0.25) is 0 Å². The predicted octanol–water partition coefficient (Wildman–Crippen LogP) is 3.92. The molecule has 0 unspecified atom stereocenters. The molecule has 0 aliphatic heterocycles. The Bertz CT molecular complexity index is 549. The molecular weight excluding hydrogens is 256 g/mol. The fourth-order valence-electron chi connectivity index (χ4n) is 2.52. The molecule has 0 aliphatic carbocycles. The van der Waals surface area contributed by atoms with Crippen LogP contribution in [-0.4, -0.2) is 20.1 Å². The van der Waals surface area contributed by atoms with Gasteiger partial charge in [0.25, 0.3) is 0 Å². The van der Waals surface area contributed by atoms with Crippen molar-refractivity contribution < 1.29 is 0 Å². The van der Waals surface area contributed by atoms with Crippen LogP contribution in [0.1, 0.15) is 23.1 Å². The number of anilines is 1. The molecule has 2 heteroatoms. The molecule has 21 heavy (non-hydrogen) atoms. The summed E-state index contributed by atoms with van der Waals surface area (Å²) < 4.78 is 0. The van der Waals surface area contributed by atoms with Crippen molar-refractivity contribution >= 4 is 5.69 Å². The zero-order valence-corrected chi connectivity index (χ0v) is 13.4. The Morgan fingerprint density at radius 1 is 1.00 bits per heavy atom. The van der Waals surface area contributed by atoms with Gasteiger partial charge < -0.3 is 10.2 Å². The van der Waals surface area contributed by atoms with Gasteiger partial charge in [-0.1, -0.05) is 42.0 Å². The largest absolute Gasteiger partial charge is 0.375 e. The first kappa shape index (κ1) is 15.6. The number of nitrogens with one attached hydrogen (secondary N) is 1. The summed E-state index contributed by atoms with van der Waals surface area (Å²) in [5.74, 6) is 0. The molecule has 0 saturated heterocycles. The predicted molar refractivity (Wildman–Crippen MR) is 92.0 cm³/mol. The van der Waals surface area contributed by atoms with E-state index in [9.17, 15) is 0 Å². The molecule has 0 saturated carbocycles. The first-order valence-electron chi connectivity index (χ1n) is 7.70. The van der Waals surface area contributed by atoms with Crippen LogP contribution >= 0.6 is 0 Å². The molecule has 0 bridgehead atoms. The van der Waals surface area contributed by atoms with Crippen molar-refractivity contribution in [3.63, 3.8) is 0 Å². The standard InChI is InChI=1S/C19H26N2/c1-16-10-11-18(17(2)14-16)15-20-12-7-13-21(3)19-8-5-4-6-9-19/h4-6,8-11,14,20H,7,12-13,15H2,1-3H3. The van der Waals surface area contributed by atoms with Crippen LogP contribution in [-0.2, 0) is 6.54 Å². The van der Waals surface area contributed by atoms with E-state index in [4.69, 9.17) is 0 Å². The van der Waals surface area contributed by atoms with Crippen LogP contribution in [0.5, 0.6) is 0 Å². The van der Waals surface area contributed by atoms with Crippen molar-refractivity contribution in [3.05, 3.63) is 65.2 Å². The highest BCUT2D eigenvalue weighted by atomic mass is 15.1. The van der Waals surface area contributed by atoms with Gasteiger partial charge in [0.15, 0.2) is 0 Å². The second-order valence-electron chi connectivity index (χ2n) is 5.72. The van der Waals surface area contributed by atoms with E-state index < -0.39 is 0 Å². The number of hydrogen-bond acceptors (Lipinski definition) is 2. The minimum absolute atomic E-state index is 0.959. The average Bonchev–Trinajstić information content (AvgIpc) is 2.49. The molecule has 112 valence electrons. The highest BCUT2D eigenvalue weighted by Crippen LogP contribution is 2.11. The van der Waals surface area contributed by atoms with Crippen LogP contribution in [0.4, 0.5) is 5.69 Å². The van der Waals surface area contributed by atoms with Crippen LogP contribution < -0.4 is 10.2 Å². The minimum atomic E-state index is 0.959. The van der Waals surface area contributed by atoms with E-state index in [-0.39, 0.29) is 0 Å². The minimum Gasteiger partial charge on any atom is -0.375 e. The van der Waals surface area contributed by atoms with Gasteiger partial charge in [0.05, 0.1) is 0 Å². The summed E-state index contributed by atoms with van der Waals surface area (Å²) in [6.45, 7) is 7.41. The molecule has 0 radical (unpaired) electrons. The number of hydrogen-bond donors (Lipinski definition) is 1. The van der Waals surface area contributed by atoms with E-state index in [0.717, 1.165) is 26.1 Å². The lowest BCUT2D eigenvalue weighted by atomic mass is 10.1. The molecule has 1 N–H and O–H groups in total. The lowest BCUT2D eigenvalue weighted by molar-refractivity contribution is 0.644. The molecule has 0 aromatic heterocycles. The van der Waals surface area contributed by atoms with Gasteiger partial charge in [-0.2, -0.15) is 0 Å². The van der Waals surface area contributed by atoms with Gasteiger partial charge in [-0.3, -0.25) is 0 Å². The maximum absolute atomic E-state index is 3.54.